The van der Waals surface area contributed by atoms with E-state index in [9.17, 15) is 9.59 Å². The SMILES string of the molecule is COC(=O)[C@@H]1CCN(C(=O)N[C@H](C)[C@H](C)c2ccccc2)C[C@H]1C. The minimum absolute atomic E-state index is 0.0357. The van der Waals surface area contributed by atoms with E-state index in [0.717, 1.165) is 0 Å². The summed E-state index contributed by atoms with van der Waals surface area (Å²) in [6.45, 7) is 7.31. The molecular weight excluding hydrogens is 304 g/mol. The molecule has 1 aliphatic rings. The van der Waals surface area contributed by atoms with E-state index in [0.29, 0.717) is 19.5 Å². The van der Waals surface area contributed by atoms with E-state index in [2.05, 4.69) is 24.4 Å². The highest BCUT2D eigenvalue weighted by atomic mass is 16.5. The van der Waals surface area contributed by atoms with Crippen LogP contribution in [0, 0.1) is 11.8 Å². The summed E-state index contributed by atoms with van der Waals surface area (Å²) in [5, 5.41) is 3.10. The first-order valence-corrected chi connectivity index (χ1v) is 8.62. The molecular formula is C19H28N2O3. The summed E-state index contributed by atoms with van der Waals surface area (Å²) < 4.78 is 4.84. The summed E-state index contributed by atoms with van der Waals surface area (Å²) in [6, 6.07) is 10.2. The van der Waals surface area contributed by atoms with Gasteiger partial charge in [-0.2, -0.15) is 0 Å². The number of nitrogens with zero attached hydrogens (tertiary/aromatic N) is 1. The van der Waals surface area contributed by atoms with Crippen molar-refractivity contribution in [3.8, 4) is 0 Å². The Hall–Kier alpha value is -2.04. The molecule has 1 heterocycles. The van der Waals surface area contributed by atoms with Crippen LogP contribution in [-0.4, -0.2) is 43.1 Å². The molecule has 2 rings (SSSR count). The number of hydrogen-bond donors (Lipinski definition) is 1. The van der Waals surface area contributed by atoms with Gasteiger partial charge in [-0.25, -0.2) is 4.79 Å². The summed E-state index contributed by atoms with van der Waals surface area (Å²) in [5.74, 6) is 0.0623. The van der Waals surface area contributed by atoms with Gasteiger partial charge in [-0.15, -0.1) is 0 Å². The number of nitrogens with one attached hydrogen (secondary N) is 1. The van der Waals surface area contributed by atoms with Gasteiger partial charge >= 0.3 is 12.0 Å². The Kier molecular flexibility index (Phi) is 6.23. The highest BCUT2D eigenvalue weighted by Gasteiger charge is 2.34. The molecule has 5 nitrogen and oxygen atoms in total. The molecule has 1 saturated heterocycles. The predicted molar refractivity (Wildman–Crippen MR) is 93.7 cm³/mol. The smallest absolute Gasteiger partial charge is 0.317 e. The zero-order valence-electron chi connectivity index (χ0n) is 15.0. The molecule has 1 aromatic carbocycles. The number of methoxy groups -OCH3 is 1. The number of carbonyl (C=O) groups excluding carboxylic acids is 2. The third kappa shape index (κ3) is 4.28. The van der Waals surface area contributed by atoms with Gasteiger partial charge < -0.3 is 15.0 Å². The normalized spacial score (nSPS) is 23.2. The van der Waals surface area contributed by atoms with Crippen LogP contribution in [-0.2, 0) is 9.53 Å². The van der Waals surface area contributed by atoms with Crippen molar-refractivity contribution in [2.24, 2.45) is 11.8 Å². The number of likely N-dealkylation sites (tertiary alicyclic amines) is 1. The first-order valence-electron chi connectivity index (χ1n) is 8.62. The third-order valence-electron chi connectivity index (χ3n) is 5.12. The van der Waals surface area contributed by atoms with Crippen LogP contribution in [0.25, 0.3) is 0 Å². The second kappa shape index (κ2) is 8.18. The number of carbonyl (C=O) groups is 2. The van der Waals surface area contributed by atoms with Crippen LogP contribution in [0.15, 0.2) is 30.3 Å². The average Bonchev–Trinajstić information content (AvgIpc) is 2.60. The van der Waals surface area contributed by atoms with Gasteiger partial charge in [0.1, 0.15) is 0 Å². The van der Waals surface area contributed by atoms with Crippen LogP contribution in [0.2, 0.25) is 0 Å². The summed E-state index contributed by atoms with van der Waals surface area (Å²) in [7, 11) is 1.42. The number of piperidine rings is 1. The first-order chi connectivity index (χ1) is 11.4. The van der Waals surface area contributed by atoms with Crippen molar-refractivity contribution >= 4 is 12.0 Å². The maximum Gasteiger partial charge on any atom is 0.317 e. The molecule has 0 spiro atoms. The largest absolute Gasteiger partial charge is 0.469 e. The highest BCUT2D eigenvalue weighted by Crippen LogP contribution is 2.25. The molecule has 0 aliphatic carbocycles. The van der Waals surface area contributed by atoms with Crippen molar-refractivity contribution in [2.45, 2.75) is 39.2 Å². The Morgan fingerprint density at radius 2 is 1.92 bits per heavy atom. The van der Waals surface area contributed by atoms with Gasteiger partial charge in [-0.1, -0.05) is 44.2 Å². The van der Waals surface area contributed by atoms with E-state index in [1.807, 2.05) is 32.0 Å². The molecule has 1 aromatic rings. The monoisotopic (exact) mass is 332 g/mol. The molecule has 0 radical (unpaired) electrons. The van der Waals surface area contributed by atoms with Gasteiger partial charge in [0.25, 0.3) is 0 Å². The quantitative estimate of drug-likeness (QED) is 0.862. The van der Waals surface area contributed by atoms with Gasteiger partial charge in [0.05, 0.1) is 13.0 Å². The van der Waals surface area contributed by atoms with Crippen LogP contribution in [0.3, 0.4) is 0 Å². The van der Waals surface area contributed by atoms with Crippen LogP contribution in [0.4, 0.5) is 4.79 Å². The lowest BCUT2D eigenvalue weighted by Crippen LogP contribution is -2.51. The minimum atomic E-state index is -0.173. The Morgan fingerprint density at radius 1 is 1.25 bits per heavy atom. The van der Waals surface area contributed by atoms with Crippen molar-refractivity contribution in [1.82, 2.24) is 10.2 Å². The van der Waals surface area contributed by atoms with Gasteiger partial charge in [0, 0.05) is 25.0 Å². The lowest BCUT2D eigenvalue weighted by Gasteiger charge is -2.36. The molecule has 1 aliphatic heterocycles. The number of hydrogen-bond acceptors (Lipinski definition) is 3. The fourth-order valence-corrected chi connectivity index (χ4v) is 3.29. The van der Waals surface area contributed by atoms with Crippen LogP contribution < -0.4 is 5.32 Å². The van der Waals surface area contributed by atoms with E-state index in [4.69, 9.17) is 4.74 Å². The van der Waals surface area contributed by atoms with Crippen LogP contribution in [0.5, 0.6) is 0 Å². The fraction of sp³-hybridized carbons (Fsp3) is 0.579. The van der Waals surface area contributed by atoms with Gasteiger partial charge in [0.2, 0.25) is 0 Å². The number of rotatable bonds is 4. The molecule has 2 amide bonds. The van der Waals surface area contributed by atoms with Crippen molar-refractivity contribution in [2.75, 3.05) is 20.2 Å². The zero-order valence-corrected chi connectivity index (χ0v) is 15.0. The summed E-state index contributed by atoms with van der Waals surface area (Å²) in [5.41, 5.74) is 1.21. The minimum Gasteiger partial charge on any atom is -0.469 e. The maximum atomic E-state index is 12.5. The van der Waals surface area contributed by atoms with E-state index in [1.165, 1.54) is 12.7 Å². The summed E-state index contributed by atoms with van der Waals surface area (Å²) in [6.07, 6.45) is 0.657. The lowest BCUT2D eigenvalue weighted by atomic mass is 9.87. The molecule has 5 heteroatoms. The summed E-state index contributed by atoms with van der Waals surface area (Å²) in [4.78, 5) is 26.1. The van der Waals surface area contributed by atoms with E-state index >= 15 is 0 Å². The molecule has 0 bridgehead atoms. The molecule has 1 N–H and O–H groups in total. The second-order valence-corrected chi connectivity index (χ2v) is 6.78. The zero-order chi connectivity index (χ0) is 17.7. The average molecular weight is 332 g/mol. The van der Waals surface area contributed by atoms with Gasteiger partial charge in [0.15, 0.2) is 0 Å². The Labute approximate surface area is 144 Å². The predicted octanol–water partition coefficient (Wildman–Crippen LogP) is 3.02. The number of esters is 1. The Bertz CT molecular complexity index is 561. The maximum absolute atomic E-state index is 12.5. The molecule has 0 aromatic heterocycles. The van der Waals surface area contributed by atoms with E-state index in [-0.39, 0.29) is 35.8 Å². The van der Waals surface area contributed by atoms with Crippen LogP contribution >= 0.6 is 0 Å². The number of benzene rings is 1. The van der Waals surface area contributed by atoms with Crippen molar-refractivity contribution < 1.29 is 14.3 Å². The van der Waals surface area contributed by atoms with Crippen LogP contribution in [0.1, 0.15) is 38.7 Å². The van der Waals surface area contributed by atoms with E-state index < -0.39 is 0 Å². The topological polar surface area (TPSA) is 58.6 Å². The molecule has 132 valence electrons. The third-order valence-corrected chi connectivity index (χ3v) is 5.12. The first kappa shape index (κ1) is 18.3. The molecule has 0 unspecified atom stereocenters. The second-order valence-electron chi connectivity index (χ2n) is 6.78. The number of ether oxygens (including phenoxy) is 1. The number of urea groups is 1. The van der Waals surface area contributed by atoms with Gasteiger partial charge in [-0.3, -0.25) is 4.79 Å². The Balaban J connectivity index is 1.90. The molecule has 0 saturated carbocycles. The highest BCUT2D eigenvalue weighted by molar-refractivity contribution is 5.76. The lowest BCUT2D eigenvalue weighted by molar-refractivity contribution is -0.148. The van der Waals surface area contributed by atoms with Crippen molar-refractivity contribution in [3.63, 3.8) is 0 Å². The van der Waals surface area contributed by atoms with Gasteiger partial charge in [-0.05, 0) is 24.8 Å². The molecule has 1 fully saturated rings. The number of amides is 2. The van der Waals surface area contributed by atoms with Crippen molar-refractivity contribution in [1.29, 1.82) is 0 Å². The summed E-state index contributed by atoms with van der Waals surface area (Å²) >= 11 is 0. The fourth-order valence-electron chi connectivity index (χ4n) is 3.29. The van der Waals surface area contributed by atoms with E-state index in [1.54, 1.807) is 4.90 Å². The molecule has 4 atom stereocenters. The Morgan fingerprint density at radius 3 is 2.50 bits per heavy atom. The standard InChI is InChI=1S/C19H28N2O3/c1-13-12-21(11-10-17(13)18(22)24-4)19(23)20-15(3)14(2)16-8-6-5-7-9-16/h5-9,13-15,17H,10-12H2,1-4H3,(H,20,23)/t13-,14+,15-,17-/m1/s1. The van der Waals surface area contributed by atoms with Crippen molar-refractivity contribution in [3.05, 3.63) is 35.9 Å². The molecule has 24 heavy (non-hydrogen) atoms.